The summed E-state index contributed by atoms with van der Waals surface area (Å²) in [6, 6.07) is 12.5. The van der Waals surface area contributed by atoms with Gasteiger partial charge in [0.25, 0.3) is 5.91 Å². The fourth-order valence-electron chi connectivity index (χ4n) is 8.17. The molecule has 0 radical (unpaired) electrons. The van der Waals surface area contributed by atoms with Gasteiger partial charge in [0, 0.05) is 37.6 Å². The zero-order chi connectivity index (χ0) is 34.6. The van der Waals surface area contributed by atoms with Crippen molar-refractivity contribution >= 4 is 29.1 Å². The average Bonchev–Trinajstić information content (AvgIpc) is 3.64. The number of hydrogen-bond donors (Lipinski definition) is 1. The van der Waals surface area contributed by atoms with E-state index < -0.39 is 29.1 Å². The van der Waals surface area contributed by atoms with Crippen molar-refractivity contribution in [1.82, 2.24) is 4.90 Å². The molecular weight excluding hydrogens is 606 g/mol. The topological polar surface area (TPSA) is 99.6 Å². The second kappa shape index (κ2) is 14.7. The molecule has 9 heteroatoms. The smallest absolute Gasteiger partial charge is 0.253 e. The van der Waals surface area contributed by atoms with E-state index in [0.29, 0.717) is 50.3 Å². The Morgan fingerprint density at radius 2 is 1.69 bits per heavy atom. The number of hydrogen-bond acceptors (Lipinski definition) is 6. The molecule has 3 aliphatic rings. The highest BCUT2D eigenvalue weighted by atomic mass is 16.5. The maximum Gasteiger partial charge on any atom is 0.253 e. The number of amides is 3. The van der Waals surface area contributed by atoms with Crippen LogP contribution >= 0.6 is 0 Å². The van der Waals surface area contributed by atoms with Crippen molar-refractivity contribution < 1.29 is 29.0 Å². The molecule has 3 heterocycles. The van der Waals surface area contributed by atoms with E-state index in [0.717, 1.165) is 29.7 Å². The van der Waals surface area contributed by atoms with Crippen LogP contribution in [0.15, 0.2) is 67.8 Å². The van der Waals surface area contributed by atoms with Gasteiger partial charge >= 0.3 is 0 Å². The number of fused-ring (bicyclic) bond motifs is 1. The number of aliphatic hydroxyl groups is 1. The molecule has 3 fully saturated rings. The van der Waals surface area contributed by atoms with Crippen LogP contribution in [0.5, 0.6) is 5.75 Å². The lowest BCUT2D eigenvalue weighted by molar-refractivity contribution is -0.144. The van der Waals surface area contributed by atoms with Gasteiger partial charge in [-0.1, -0.05) is 37.1 Å². The van der Waals surface area contributed by atoms with Gasteiger partial charge < -0.3 is 29.3 Å². The predicted molar refractivity (Wildman–Crippen MR) is 188 cm³/mol. The van der Waals surface area contributed by atoms with E-state index in [9.17, 15) is 19.5 Å². The van der Waals surface area contributed by atoms with Gasteiger partial charge in [0.1, 0.15) is 17.4 Å². The van der Waals surface area contributed by atoms with Crippen LogP contribution in [-0.2, 0) is 19.1 Å². The molecule has 9 nitrogen and oxygen atoms in total. The standard InChI is InChI=1S/C39H51N3O6/c1-7-22-40(29-16-18-30(19-17-29)47-9-3)35(44)32-33-36(45)42(24-12-10-11-13-25-43)34(39(33)21-20-38(32,6)48-39)37(46)41(23-8-2)31-26-27(4)14-15-28(31)5/h7-8,14-19,26,32-34,43H,1-2,9-13,20-25H2,3-6H3/t32-,33-,34?,38+,39?/m0/s1. The molecule has 2 bridgehead atoms. The van der Waals surface area contributed by atoms with Crippen molar-refractivity contribution in [3.63, 3.8) is 0 Å². The minimum Gasteiger partial charge on any atom is -0.494 e. The van der Waals surface area contributed by atoms with Crippen molar-refractivity contribution in [3.05, 3.63) is 78.9 Å². The molecule has 48 heavy (non-hydrogen) atoms. The van der Waals surface area contributed by atoms with Crippen molar-refractivity contribution in [3.8, 4) is 5.75 Å². The van der Waals surface area contributed by atoms with Crippen molar-refractivity contribution in [2.24, 2.45) is 11.8 Å². The molecule has 3 aliphatic heterocycles. The first-order valence-electron chi connectivity index (χ1n) is 17.3. The number of aliphatic hydroxyl groups excluding tert-OH is 1. The lowest BCUT2D eigenvalue weighted by Gasteiger charge is -2.37. The van der Waals surface area contributed by atoms with E-state index in [1.807, 2.05) is 70.2 Å². The van der Waals surface area contributed by atoms with Gasteiger partial charge in [-0.15, -0.1) is 13.2 Å². The lowest BCUT2D eigenvalue weighted by Crippen LogP contribution is -2.56. The second-order valence-corrected chi connectivity index (χ2v) is 13.6. The van der Waals surface area contributed by atoms with Crippen LogP contribution < -0.4 is 14.5 Å². The summed E-state index contributed by atoms with van der Waals surface area (Å²) >= 11 is 0. The van der Waals surface area contributed by atoms with Gasteiger partial charge in [-0.3, -0.25) is 14.4 Å². The third-order valence-corrected chi connectivity index (χ3v) is 10.4. The van der Waals surface area contributed by atoms with Crippen LogP contribution in [0.25, 0.3) is 0 Å². The number of aryl methyl sites for hydroxylation is 2. The number of unbranched alkanes of at least 4 members (excludes halogenated alkanes) is 3. The number of anilines is 2. The molecule has 0 aromatic heterocycles. The predicted octanol–water partition coefficient (Wildman–Crippen LogP) is 5.76. The highest BCUT2D eigenvalue weighted by Crippen LogP contribution is 2.63. The van der Waals surface area contributed by atoms with Crippen LogP contribution in [0.2, 0.25) is 0 Å². The fourth-order valence-corrected chi connectivity index (χ4v) is 8.17. The van der Waals surface area contributed by atoms with Gasteiger partial charge in [0.05, 0.1) is 24.0 Å². The largest absolute Gasteiger partial charge is 0.494 e. The summed E-state index contributed by atoms with van der Waals surface area (Å²) in [7, 11) is 0. The maximum absolute atomic E-state index is 15.0. The minimum atomic E-state index is -1.15. The van der Waals surface area contributed by atoms with Crippen molar-refractivity contribution in [2.45, 2.75) is 83.5 Å². The van der Waals surface area contributed by atoms with E-state index in [1.165, 1.54) is 0 Å². The van der Waals surface area contributed by atoms with Crippen LogP contribution in [0.4, 0.5) is 11.4 Å². The summed E-state index contributed by atoms with van der Waals surface area (Å²) in [4.78, 5) is 49.6. The zero-order valence-electron chi connectivity index (χ0n) is 29.0. The highest BCUT2D eigenvalue weighted by molar-refractivity contribution is 6.07. The maximum atomic E-state index is 15.0. The van der Waals surface area contributed by atoms with E-state index >= 15 is 0 Å². The molecule has 5 atom stereocenters. The first kappa shape index (κ1) is 35.4. The minimum absolute atomic E-state index is 0.118. The number of rotatable bonds is 16. The Bertz CT molecular complexity index is 1520. The van der Waals surface area contributed by atoms with Gasteiger partial charge in [0.2, 0.25) is 11.8 Å². The zero-order valence-corrected chi connectivity index (χ0v) is 29.0. The molecule has 5 rings (SSSR count). The summed E-state index contributed by atoms with van der Waals surface area (Å²) in [6.07, 6.45) is 7.43. The van der Waals surface area contributed by atoms with E-state index in [1.54, 1.807) is 26.9 Å². The number of nitrogens with zero attached hydrogens (tertiary/aromatic N) is 3. The number of ether oxygens (including phenoxy) is 2. The van der Waals surface area contributed by atoms with Gasteiger partial charge in [0.15, 0.2) is 0 Å². The van der Waals surface area contributed by atoms with Crippen LogP contribution in [0.3, 0.4) is 0 Å². The molecular formula is C39H51N3O6. The highest BCUT2D eigenvalue weighted by Gasteiger charge is 2.78. The first-order valence-corrected chi connectivity index (χ1v) is 17.3. The third-order valence-electron chi connectivity index (χ3n) is 10.4. The Labute approximate surface area is 285 Å². The van der Waals surface area contributed by atoms with Crippen molar-refractivity contribution in [1.29, 1.82) is 0 Å². The molecule has 2 aromatic carbocycles. The summed E-state index contributed by atoms with van der Waals surface area (Å²) in [5.41, 5.74) is 1.34. The third kappa shape index (κ3) is 6.30. The molecule has 0 saturated carbocycles. The van der Waals surface area contributed by atoms with Gasteiger partial charge in [-0.25, -0.2) is 0 Å². The summed E-state index contributed by atoms with van der Waals surface area (Å²) in [5, 5.41) is 9.30. The van der Waals surface area contributed by atoms with Crippen LogP contribution in [0.1, 0.15) is 63.5 Å². The van der Waals surface area contributed by atoms with Crippen molar-refractivity contribution in [2.75, 3.05) is 42.6 Å². The van der Waals surface area contributed by atoms with Gasteiger partial charge in [-0.2, -0.15) is 0 Å². The number of likely N-dealkylation sites (tertiary alicyclic amines) is 1. The molecule has 2 aromatic rings. The van der Waals surface area contributed by atoms with E-state index in [-0.39, 0.29) is 37.4 Å². The molecule has 3 saturated heterocycles. The number of carbonyl (C=O) groups is 3. The summed E-state index contributed by atoms with van der Waals surface area (Å²) < 4.78 is 12.6. The monoisotopic (exact) mass is 657 g/mol. The number of carbonyl (C=O) groups excluding carboxylic acids is 3. The van der Waals surface area contributed by atoms with Crippen LogP contribution in [-0.4, -0.2) is 77.8 Å². The van der Waals surface area contributed by atoms with Gasteiger partial charge in [-0.05, 0) is 94.8 Å². The molecule has 3 amide bonds. The average molecular weight is 658 g/mol. The number of benzene rings is 2. The summed E-state index contributed by atoms with van der Waals surface area (Å²) in [5.74, 6) is -1.53. The molecule has 258 valence electrons. The van der Waals surface area contributed by atoms with Crippen LogP contribution in [0, 0.1) is 25.7 Å². The van der Waals surface area contributed by atoms with E-state index in [4.69, 9.17) is 9.47 Å². The quantitative estimate of drug-likeness (QED) is 0.182. The molecule has 2 unspecified atom stereocenters. The van der Waals surface area contributed by atoms with E-state index in [2.05, 4.69) is 13.2 Å². The normalized spacial score (nSPS) is 25.6. The molecule has 1 spiro atoms. The molecule has 0 aliphatic carbocycles. The summed E-state index contributed by atoms with van der Waals surface area (Å²) in [6.45, 7) is 17.2. The molecule has 1 N–H and O–H groups in total. The SMILES string of the molecule is C=CCN(C(=O)[C@@H]1[C@H]2C(=O)N(CCCCCCO)C(C(=O)N(CC=C)c3cc(C)ccc3C)C23CC[C@@]1(C)O3)c1ccc(OCC)cc1. The Hall–Kier alpha value is -3.95. The Morgan fingerprint density at radius 3 is 2.35 bits per heavy atom. The Morgan fingerprint density at radius 1 is 1.00 bits per heavy atom. The fraction of sp³-hybridized carbons (Fsp3) is 0.513. The second-order valence-electron chi connectivity index (χ2n) is 13.6. The first-order chi connectivity index (χ1) is 23.1. The Kier molecular flexibility index (Phi) is 10.8. The lowest BCUT2D eigenvalue weighted by atomic mass is 9.66. The Balaban J connectivity index is 1.56.